The Bertz CT molecular complexity index is 306. The molecule has 1 aromatic carbocycles. The fraction of sp³-hybridized carbons (Fsp3) is 0.182. The van der Waals surface area contributed by atoms with Crippen LogP contribution in [0.15, 0.2) is 48.1 Å². The lowest BCUT2D eigenvalue weighted by atomic mass is 10.1. The van der Waals surface area contributed by atoms with Crippen LogP contribution >= 0.6 is 0 Å². The first-order chi connectivity index (χ1) is 6.88. The van der Waals surface area contributed by atoms with Crippen LogP contribution in [0.4, 0.5) is 0 Å². The van der Waals surface area contributed by atoms with Crippen LogP contribution in [0.25, 0.3) is 0 Å². The molecule has 0 spiro atoms. The van der Waals surface area contributed by atoms with Gasteiger partial charge in [0, 0.05) is 5.56 Å². The van der Waals surface area contributed by atoms with Crippen LogP contribution in [0, 0.1) is 0 Å². The summed E-state index contributed by atoms with van der Waals surface area (Å²) in [6.07, 6.45) is 1.65. The Morgan fingerprint density at radius 1 is 1.43 bits per heavy atom. The molecule has 0 aromatic heterocycles. The van der Waals surface area contributed by atoms with Crippen LogP contribution in [0.1, 0.15) is 5.56 Å². The van der Waals surface area contributed by atoms with Crippen LogP contribution in [-0.2, 0) is 4.74 Å². The van der Waals surface area contributed by atoms with Gasteiger partial charge < -0.3 is 9.94 Å². The van der Waals surface area contributed by atoms with Gasteiger partial charge in [0.2, 0.25) is 0 Å². The van der Waals surface area contributed by atoms with E-state index in [1.807, 2.05) is 30.3 Å². The van der Waals surface area contributed by atoms with E-state index in [0.717, 1.165) is 5.56 Å². The molecule has 0 aliphatic rings. The molecule has 0 amide bonds. The van der Waals surface area contributed by atoms with Gasteiger partial charge in [-0.05, 0) is 0 Å². The predicted molar refractivity (Wildman–Crippen MR) is 55.8 cm³/mol. The van der Waals surface area contributed by atoms with Gasteiger partial charge in [-0.1, -0.05) is 41.6 Å². The van der Waals surface area contributed by atoms with Gasteiger partial charge in [0.05, 0.1) is 13.2 Å². The molecule has 0 saturated carbocycles. The van der Waals surface area contributed by atoms with Crippen molar-refractivity contribution in [2.75, 3.05) is 13.2 Å². The molecular formula is C11H13NO2. The Kier molecular flexibility index (Phi) is 4.44. The van der Waals surface area contributed by atoms with Gasteiger partial charge in [-0.3, -0.25) is 0 Å². The van der Waals surface area contributed by atoms with Gasteiger partial charge in [-0.15, -0.1) is 6.58 Å². The summed E-state index contributed by atoms with van der Waals surface area (Å²) in [7, 11) is 0. The van der Waals surface area contributed by atoms with E-state index < -0.39 is 0 Å². The monoisotopic (exact) mass is 191 g/mol. The number of hydrogen-bond acceptors (Lipinski definition) is 3. The van der Waals surface area contributed by atoms with Gasteiger partial charge in [-0.25, -0.2) is 0 Å². The van der Waals surface area contributed by atoms with Crippen molar-refractivity contribution >= 4 is 5.71 Å². The Morgan fingerprint density at radius 3 is 2.71 bits per heavy atom. The SMILES string of the molecule is C=CCOC/C(=N\O)c1ccccc1. The molecule has 0 bridgehead atoms. The second kappa shape index (κ2) is 5.94. The van der Waals surface area contributed by atoms with Crippen molar-refractivity contribution in [2.45, 2.75) is 0 Å². The zero-order chi connectivity index (χ0) is 10.2. The van der Waals surface area contributed by atoms with Crippen molar-refractivity contribution in [2.24, 2.45) is 5.16 Å². The minimum absolute atomic E-state index is 0.284. The zero-order valence-electron chi connectivity index (χ0n) is 7.89. The maximum absolute atomic E-state index is 8.76. The lowest BCUT2D eigenvalue weighted by Crippen LogP contribution is -2.10. The molecule has 1 N–H and O–H groups in total. The van der Waals surface area contributed by atoms with Gasteiger partial charge in [0.1, 0.15) is 5.71 Å². The molecule has 3 heteroatoms. The number of nitrogens with zero attached hydrogens (tertiary/aromatic N) is 1. The largest absolute Gasteiger partial charge is 0.411 e. The van der Waals surface area contributed by atoms with Gasteiger partial charge >= 0.3 is 0 Å². The smallest absolute Gasteiger partial charge is 0.112 e. The highest BCUT2D eigenvalue weighted by molar-refractivity contribution is 6.01. The highest BCUT2D eigenvalue weighted by atomic mass is 16.5. The lowest BCUT2D eigenvalue weighted by Gasteiger charge is -2.03. The van der Waals surface area contributed by atoms with E-state index in [9.17, 15) is 0 Å². The Morgan fingerprint density at radius 2 is 2.14 bits per heavy atom. The highest BCUT2D eigenvalue weighted by Crippen LogP contribution is 2.01. The third-order valence-electron chi connectivity index (χ3n) is 1.70. The predicted octanol–water partition coefficient (Wildman–Crippen LogP) is 2.07. The Labute approximate surface area is 83.3 Å². The maximum Gasteiger partial charge on any atom is 0.112 e. The van der Waals surface area contributed by atoms with Crippen molar-refractivity contribution in [1.82, 2.24) is 0 Å². The third kappa shape index (κ3) is 3.03. The summed E-state index contributed by atoms with van der Waals surface area (Å²) < 4.78 is 5.18. The summed E-state index contributed by atoms with van der Waals surface area (Å²) in [5, 5.41) is 11.9. The zero-order valence-corrected chi connectivity index (χ0v) is 7.89. The molecule has 14 heavy (non-hydrogen) atoms. The van der Waals surface area contributed by atoms with E-state index in [1.165, 1.54) is 0 Å². The first kappa shape index (κ1) is 10.5. The molecule has 0 fully saturated rings. The summed E-state index contributed by atoms with van der Waals surface area (Å²) in [6.45, 7) is 4.26. The van der Waals surface area contributed by atoms with E-state index in [0.29, 0.717) is 12.3 Å². The standard InChI is InChI=1S/C11H13NO2/c1-2-8-14-9-11(12-13)10-6-4-3-5-7-10/h2-7,13H,1,8-9H2/b12-11+. The van der Waals surface area contributed by atoms with Crippen molar-refractivity contribution in [3.05, 3.63) is 48.6 Å². The number of rotatable bonds is 5. The summed E-state index contributed by atoms with van der Waals surface area (Å²) in [5.41, 5.74) is 1.38. The molecule has 3 nitrogen and oxygen atoms in total. The van der Waals surface area contributed by atoms with E-state index in [-0.39, 0.29) is 6.61 Å². The Hall–Kier alpha value is -1.61. The molecule has 0 radical (unpaired) electrons. The van der Waals surface area contributed by atoms with Crippen molar-refractivity contribution in [1.29, 1.82) is 0 Å². The molecule has 1 aromatic rings. The number of oxime groups is 1. The van der Waals surface area contributed by atoms with Crippen LogP contribution in [0.2, 0.25) is 0 Å². The van der Waals surface area contributed by atoms with E-state index in [4.69, 9.17) is 9.94 Å². The molecule has 1 rings (SSSR count). The van der Waals surface area contributed by atoms with Crippen LogP contribution < -0.4 is 0 Å². The Balaban J connectivity index is 2.60. The van der Waals surface area contributed by atoms with E-state index >= 15 is 0 Å². The van der Waals surface area contributed by atoms with Gasteiger partial charge in [0.15, 0.2) is 0 Å². The fourth-order valence-corrected chi connectivity index (χ4v) is 1.04. The van der Waals surface area contributed by atoms with Crippen LogP contribution in [0.5, 0.6) is 0 Å². The normalized spacial score (nSPS) is 11.3. The first-order valence-electron chi connectivity index (χ1n) is 4.33. The molecular weight excluding hydrogens is 178 g/mol. The lowest BCUT2D eigenvalue weighted by molar-refractivity contribution is 0.200. The minimum Gasteiger partial charge on any atom is -0.411 e. The molecule has 0 heterocycles. The topological polar surface area (TPSA) is 41.8 Å². The van der Waals surface area contributed by atoms with E-state index in [1.54, 1.807) is 6.08 Å². The summed E-state index contributed by atoms with van der Waals surface area (Å²) in [5.74, 6) is 0. The van der Waals surface area contributed by atoms with Crippen molar-refractivity contribution < 1.29 is 9.94 Å². The maximum atomic E-state index is 8.76. The molecule has 0 aliphatic carbocycles. The fourth-order valence-electron chi connectivity index (χ4n) is 1.04. The summed E-state index contributed by atoms with van der Waals surface area (Å²) >= 11 is 0. The minimum atomic E-state index is 0.284. The van der Waals surface area contributed by atoms with E-state index in [2.05, 4.69) is 11.7 Å². The molecule has 0 saturated heterocycles. The van der Waals surface area contributed by atoms with Crippen LogP contribution in [0.3, 0.4) is 0 Å². The molecule has 74 valence electrons. The van der Waals surface area contributed by atoms with Crippen molar-refractivity contribution in [3.63, 3.8) is 0 Å². The number of ether oxygens (including phenoxy) is 1. The average molecular weight is 191 g/mol. The average Bonchev–Trinajstić information content (AvgIpc) is 2.26. The second-order valence-electron chi connectivity index (χ2n) is 2.72. The number of benzene rings is 1. The second-order valence-corrected chi connectivity index (χ2v) is 2.72. The summed E-state index contributed by atoms with van der Waals surface area (Å²) in [6, 6.07) is 9.41. The third-order valence-corrected chi connectivity index (χ3v) is 1.70. The molecule has 0 unspecified atom stereocenters. The van der Waals surface area contributed by atoms with Gasteiger partial charge in [0.25, 0.3) is 0 Å². The quantitative estimate of drug-likeness (QED) is 0.254. The molecule has 0 atom stereocenters. The molecule has 0 aliphatic heterocycles. The highest BCUT2D eigenvalue weighted by Gasteiger charge is 2.02. The first-order valence-corrected chi connectivity index (χ1v) is 4.33. The van der Waals surface area contributed by atoms with Crippen molar-refractivity contribution in [3.8, 4) is 0 Å². The van der Waals surface area contributed by atoms with Gasteiger partial charge in [-0.2, -0.15) is 0 Å². The summed E-state index contributed by atoms with van der Waals surface area (Å²) in [4.78, 5) is 0. The number of hydrogen-bond donors (Lipinski definition) is 1. The van der Waals surface area contributed by atoms with Crippen LogP contribution in [-0.4, -0.2) is 24.1 Å².